The molecule has 1 heterocycles. The first-order valence-electron chi connectivity index (χ1n) is 11.7. The van der Waals surface area contributed by atoms with Crippen LogP contribution in [0.25, 0.3) is 0 Å². The van der Waals surface area contributed by atoms with Gasteiger partial charge in [0.1, 0.15) is 11.5 Å². The van der Waals surface area contributed by atoms with Gasteiger partial charge in [0.15, 0.2) is 0 Å². The largest absolute Gasteiger partial charge is 0.507 e. The number of hydrogen-bond donors (Lipinski definition) is 3. The molecule has 2 atom stereocenters. The van der Waals surface area contributed by atoms with Gasteiger partial charge in [-0.1, -0.05) is 50.1 Å². The summed E-state index contributed by atoms with van der Waals surface area (Å²) in [5.74, 6) is 0.182. The van der Waals surface area contributed by atoms with E-state index in [1.807, 2.05) is 25.1 Å². The standard InChI is InChI=1S/C27H38O4/c1-4-5-6-7-10-27(11-13-31-14-12-27)21-16-24(29)26(25(30)17-21)23-15-20(18-28)8-9-22(23)19(2)3/h7,10,15-17,22-23,28-30H,2,4-6,8-9,11-14,18H2,1,3H3/t22-,23+/m1/s1. The van der Waals surface area contributed by atoms with E-state index in [4.69, 9.17) is 4.74 Å². The number of hydrogen-bond acceptors (Lipinski definition) is 4. The second-order valence-electron chi connectivity index (χ2n) is 9.24. The van der Waals surface area contributed by atoms with Crippen LogP contribution in [-0.2, 0) is 10.2 Å². The van der Waals surface area contributed by atoms with Crippen molar-refractivity contribution in [1.82, 2.24) is 0 Å². The number of phenolic OH excluding ortho intramolecular Hbond substituents is 2. The number of benzene rings is 1. The Bertz CT molecular complexity index is 807. The van der Waals surface area contributed by atoms with Crippen molar-refractivity contribution < 1.29 is 20.1 Å². The molecule has 1 aliphatic carbocycles. The van der Waals surface area contributed by atoms with Gasteiger partial charge in [-0.05, 0) is 68.2 Å². The molecule has 3 N–H and O–H groups in total. The summed E-state index contributed by atoms with van der Waals surface area (Å²) in [4.78, 5) is 0. The summed E-state index contributed by atoms with van der Waals surface area (Å²) in [7, 11) is 0. The molecular weight excluding hydrogens is 388 g/mol. The summed E-state index contributed by atoms with van der Waals surface area (Å²) >= 11 is 0. The van der Waals surface area contributed by atoms with Gasteiger partial charge >= 0.3 is 0 Å². The lowest BCUT2D eigenvalue weighted by molar-refractivity contribution is 0.0651. The number of aromatic hydroxyl groups is 2. The molecule has 2 aliphatic rings. The van der Waals surface area contributed by atoms with Crippen LogP contribution >= 0.6 is 0 Å². The van der Waals surface area contributed by atoms with Crippen molar-refractivity contribution in [2.45, 2.75) is 70.1 Å². The van der Waals surface area contributed by atoms with Crippen molar-refractivity contribution >= 4 is 0 Å². The molecule has 0 bridgehead atoms. The van der Waals surface area contributed by atoms with Crippen molar-refractivity contribution in [3.05, 3.63) is 59.2 Å². The molecule has 1 aromatic carbocycles. The van der Waals surface area contributed by atoms with Gasteiger partial charge in [-0.2, -0.15) is 0 Å². The summed E-state index contributed by atoms with van der Waals surface area (Å²) in [6, 6.07) is 3.67. The fourth-order valence-electron chi connectivity index (χ4n) is 5.11. The molecule has 0 radical (unpaired) electrons. The number of allylic oxidation sites excluding steroid dienone is 4. The summed E-state index contributed by atoms with van der Waals surface area (Å²) in [6.45, 7) is 9.67. The number of rotatable bonds is 8. The van der Waals surface area contributed by atoms with Gasteiger partial charge < -0.3 is 20.1 Å². The molecule has 0 saturated carbocycles. The van der Waals surface area contributed by atoms with Gasteiger partial charge in [-0.15, -0.1) is 0 Å². The highest BCUT2D eigenvalue weighted by atomic mass is 16.5. The average Bonchev–Trinajstić information content (AvgIpc) is 2.76. The lowest BCUT2D eigenvalue weighted by Crippen LogP contribution is -2.32. The summed E-state index contributed by atoms with van der Waals surface area (Å²) in [6.07, 6.45) is 13.2. The maximum Gasteiger partial charge on any atom is 0.123 e. The van der Waals surface area contributed by atoms with E-state index < -0.39 is 0 Å². The number of ether oxygens (including phenoxy) is 1. The maximum absolute atomic E-state index is 11.1. The number of unbranched alkanes of at least 4 members (excludes halogenated alkanes) is 2. The van der Waals surface area contributed by atoms with Gasteiger partial charge in [0.25, 0.3) is 0 Å². The molecule has 0 spiro atoms. The van der Waals surface area contributed by atoms with E-state index >= 15 is 0 Å². The highest BCUT2D eigenvalue weighted by Gasteiger charge is 2.35. The fraction of sp³-hybridized carbons (Fsp3) is 0.556. The van der Waals surface area contributed by atoms with Crippen LogP contribution < -0.4 is 0 Å². The van der Waals surface area contributed by atoms with Crippen LogP contribution in [0.15, 0.2) is 48.1 Å². The molecule has 31 heavy (non-hydrogen) atoms. The Kier molecular flexibility index (Phi) is 8.01. The minimum absolute atomic E-state index is 0.00465. The van der Waals surface area contributed by atoms with Crippen LogP contribution in [0.4, 0.5) is 0 Å². The van der Waals surface area contributed by atoms with Crippen LogP contribution in [0.5, 0.6) is 11.5 Å². The van der Waals surface area contributed by atoms with Gasteiger partial charge in [-0.3, -0.25) is 0 Å². The Hall–Kier alpha value is -2.04. The lowest BCUT2D eigenvalue weighted by Gasteiger charge is -2.36. The van der Waals surface area contributed by atoms with E-state index in [1.165, 1.54) is 0 Å². The van der Waals surface area contributed by atoms with E-state index in [2.05, 4.69) is 25.7 Å². The van der Waals surface area contributed by atoms with Crippen LogP contribution in [-0.4, -0.2) is 35.1 Å². The van der Waals surface area contributed by atoms with E-state index in [0.717, 1.165) is 61.7 Å². The van der Waals surface area contributed by atoms with E-state index in [0.29, 0.717) is 18.8 Å². The second kappa shape index (κ2) is 10.5. The Morgan fingerprint density at radius 3 is 2.48 bits per heavy atom. The minimum atomic E-state index is -0.230. The second-order valence-corrected chi connectivity index (χ2v) is 9.24. The predicted molar refractivity (Wildman–Crippen MR) is 126 cm³/mol. The zero-order valence-electron chi connectivity index (χ0n) is 19.1. The number of aliphatic hydroxyl groups excluding tert-OH is 1. The van der Waals surface area contributed by atoms with Crippen LogP contribution in [0, 0.1) is 5.92 Å². The molecule has 0 unspecified atom stereocenters. The summed E-state index contributed by atoms with van der Waals surface area (Å²) in [5.41, 5.74) is 3.23. The zero-order chi connectivity index (χ0) is 22.4. The maximum atomic E-state index is 11.1. The van der Waals surface area contributed by atoms with Crippen LogP contribution in [0.2, 0.25) is 0 Å². The molecule has 170 valence electrons. The Balaban J connectivity index is 2.01. The first-order valence-corrected chi connectivity index (χ1v) is 11.7. The van der Waals surface area contributed by atoms with Crippen molar-refractivity contribution in [3.63, 3.8) is 0 Å². The third-order valence-electron chi connectivity index (χ3n) is 7.05. The quantitative estimate of drug-likeness (QED) is 0.359. The van der Waals surface area contributed by atoms with Crippen molar-refractivity contribution in [2.75, 3.05) is 19.8 Å². The first-order chi connectivity index (χ1) is 14.9. The first kappa shape index (κ1) is 23.6. The fourth-order valence-corrected chi connectivity index (χ4v) is 5.11. The SMILES string of the molecule is C=C(C)[C@H]1CCC(CO)=C[C@@H]1c1c(O)cc(C2(C=CCCCC)CCOCC2)cc1O. The van der Waals surface area contributed by atoms with E-state index in [9.17, 15) is 15.3 Å². The normalized spacial score (nSPS) is 23.6. The van der Waals surface area contributed by atoms with Crippen molar-refractivity contribution in [2.24, 2.45) is 5.92 Å². The average molecular weight is 427 g/mol. The van der Waals surface area contributed by atoms with Gasteiger partial charge in [0.2, 0.25) is 0 Å². The lowest BCUT2D eigenvalue weighted by atomic mass is 9.71. The Morgan fingerprint density at radius 1 is 1.23 bits per heavy atom. The molecule has 4 nitrogen and oxygen atoms in total. The van der Waals surface area contributed by atoms with Gasteiger partial charge in [0.05, 0.1) is 6.61 Å². The third-order valence-corrected chi connectivity index (χ3v) is 7.05. The smallest absolute Gasteiger partial charge is 0.123 e. The molecule has 1 aromatic rings. The van der Waals surface area contributed by atoms with Crippen molar-refractivity contribution in [3.8, 4) is 11.5 Å². The third kappa shape index (κ3) is 5.24. The highest BCUT2D eigenvalue weighted by molar-refractivity contribution is 5.54. The summed E-state index contributed by atoms with van der Waals surface area (Å²) < 4.78 is 5.62. The Morgan fingerprint density at radius 2 is 1.90 bits per heavy atom. The number of phenols is 2. The molecule has 0 aromatic heterocycles. The summed E-state index contributed by atoms with van der Waals surface area (Å²) in [5, 5.41) is 31.9. The molecule has 0 amide bonds. The monoisotopic (exact) mass is 426 g/mol. The molecule has 3 rings (SSSR count). The predicted octanol–water partition coefficient (Wildman–Crippen LogP) is 5.88. The van der Waals surface area contributed by atoms with Gasteiger partial charge in [0, 0.05) is 30.1 Å². The Labute approximate surface area is 187 Å². The van der Waals surface area contributed by atoms with Crippen molar-refractivity contribution in [1.29, 1.82) is 0 Å². The molecule has 1 fully saturated rings. The number of aliphatic hydroxyl groups is 1. The molecule has 1 saturated heterocycles. The molecule has 4 heteroatoms. The zero-order valence-corrected chi connectivity index (χ0v) is 19.1. The van der Waals surface area contributed by atoms with Gasteiger partial charge in [-0.25, -0.2) is 0 Å². The van der Waals surface area contributed by atoms with E-state index in [1.54, 1.807) is 0 Å². The molecule has 1 aliphatic heterocycles. The topological polar surface area (TPSA) is 69.9 Å². The van der Waals surface area contributed by atoms with Crippen LogP contribution in [0.1, 0.15) is 75.8 Å². The van der Waals surface area contributed by atoms with E-state index in [-0.39, 0.29) is 35.4 Å². The minimum Gasteiger partial charge on any atom is -0.507 e. The highest BCUT2D eigenvalue weighted by Crippen LogP contribution is 2.48. The molecular formula is C27H38O4. The van der Waals surface area contributed by atoms with Crippen LogP contribution in [0.3, 0.4) is 0 Å².